The molecule has 1 rings (SSSR count). The molecule has 5 nitrogen and oxygen atoms in total. The Morgan fingerprint density at radius 2 is 2.20 bits per heavy atom. The molecule has 1 heterocycles. The number of nitrogens with one attached hydrogen (secondary N) is 2. The van der Waals surface area contributed by atoms with Crippen molar-refractivity contribution in [2.75, 3.05) is 30.8 Å². The number of aliphatic hydroxyl groups is 1. The van der Waals surface area contributed by atoms with E-state index in [1.807, 2.05) is 6.07 Å². The van der Waals surface area contributed by atoms with Gasteiger partial charge in [0.15, 0.2) is 0 Å². The van der Waals surface area contributed by atoms with E-state index in [0.29, 0.717) is 5.95 Å². The molecule has 0 spiro atoms. The van der Waals surface area contributed by atoms with Crippen LogP contribution in [0.5, 0.6) is 0 Å². The Morgan fingerprint density at radius 1 is 1.33 bits per heavy atom. The average Bonchev–Trinajstić information content (AvgIpc) is 2.29. The van der Waals surface area contributed by atoms with E-state index in [-0.39, 0.29) is 6.61 Å². The van der Waals surface area contributed by atoms with Gasteiger partial charge in [-0.3, -0.25) is 0 Å². The molecule has 0 saturated carbocycles. The maximum atomic E-state index is 8.60. The predicted molar refractivity (Wildman–Crippen MR) is 61.0 cm³/mol. The highest BCUT2D eigenvalue weighted by atomic mass is 16.2. The van der Waals surface area contributed by atoms with Crippen molar-refractivity contribution in [1.82, 2.24) is 9.97 Å². The van der Waals surface area contributed by atoms with Gasteiger partial charge in [0, 0.05) is 26.4 Å². The zero-order valence-electron chi connectivity index (χ0n) is 9.03. The lowest BCUT2D eigenvalue weighted by molar-refractivity contribution is 0.283. The molecule has 5 heteroatoms. The number of rotatable bonds is 7. The summed E-state index contributed by atoms with van der Waals surface area (Å²) in [5.41, 5.74) is 0. The van der Waals surface area contributed by atoms with Crippen molar-refractivity contribution in [3.63, 3.8) is 0 Å². The standard InChI is InChI=1S/C10H18N4O/c1-11-10-13-7-5-9(14-10)12-6-3-2-4-8-15/h5,7,15H,2-4,6,8H2,1H3,(H2,11,12,13,14). The Labute approximate surface area is 90.0 Å². The van der Waals surface area contributed by atoms with Crippen LogP contribution in [0.4, 0.5) is 11.8 Å². The fraction of sp³-hybridized carbons (Fsp3) is 0.600. The number of anilines is 2. The van der Waals surface area contributed by atoms with Crippen LogP contribution >= 0.6 is 0 Å². The number of aliphatic hydroxyl groups excluding tert-OH is 1. The van der Waals surface area contributed by atoms with E-state index in [4.69, 9.17) is 5.11 Å². The van der Waals surface area contributed by atoms with Crippen LogP contribution in [0.3, 0.4) is 0 Å². The van der Waals surface area contributed by atoms with Gasteiger partial charge in [-0.25, -0.2) is 4.98 Å². The Kier molecular flexibility index (Phi) is 5.47. The summed E-state index contributed by atoms with van der Waals surface area (Å²) in [6, 6.07) is 1.84. The van der Waals surface area contributed by atoms with Crippen molar-refractivity contribution < 1.29 is 5.11 Å². The molecule has 0 radical (unpaired) electrons. The molecule has 3 N–H and O–H groups in total. The molecule has 0 atom stereocenters. The van der Waals surface area contributed by atoms with Gasteiger partial charge in [-0.05, 0) is 25.3 Å². The van der Waals surface area contributed by atoms with Crippen molar-refractivity contribution in [2.24, 2.45) is 0 Å². The Balaban J connectivity index is 2.24. The molecule has 0 aromatic carbocycles. The molecule has 84 valence electrons. The first-order valence-corrected chi connectivity index (χ1v) is 5.22. The lowest BCUT2D eigenvalue weighted by atomic mass is 10.2. The normalized spacial score (nSPS) is 10.0. The summed E-state index contributed by atoms with van der Waals surface area (Å²) in [6.07, 6.45) is 4.66. The van der Waals surface area contributed by atoms with Crippen molar-refractivity contribution in [1.29, 1.82) is 0 Å². The molecule has 0 aliphatic heterocycles. The van der Waals surface area contributed by atoms with Gasteiger partial charge in [0.1, 0.15) is 5.82 Å². The van der Waals surface area contributed by atoms with Crippen LogP contribution in [0.2, 0.25) is 0 Å². The third-order valence-electron chi connectivity index (χ3n) is 2.02. The minimum Gasteiger partial charge on any atom is -0.396 e. The van der Waals surface area contributed by atoms with Crippen LogP contribution in [-0.4, -0.2) is 35.3 Å². The van der Waals surface area contributed by atoms with Gasteiger partial charge in [-0.2, -0.15) is 4.98 Å². The Bertz CT molecular complexity index is 280. The quantitative estimate of drug-likeness (QED) is 0.588. The molecule has 0 saturated heterocycles. The van der Waals surface area contributed by atoms with Gasteiger partial charge in [0.25, 0.3) is 0 Å². The predicted octanol–water partition coefficient (Wildman–Crippen LogP) is 1.09. The van der Waals surface area contributed by atoms with E-state index in [0.717, 1.165) is 31.6 Å². The van der Waals surface area contributed by atoms with Crippen molar-refractivity contribution in [3.8, 4) is 0 Å². The largest absolute Gasteiger partial charge is 0.396 e. The lowest BCUT2D eigenvalue weighted by Gasteiger charge is -2.05. The van der Waals surface area contributed by atoms with Gasteiger partial charge < -0.3 is 15.7 Å². The number of aromatic nitrogens is 2. The molecule has 0 unspecified atom stereocenters. The van der Waals surface area contributed by atoms with Gasteiger partial charge in [-0.15, -0.1) is 0 Å². The summed E-state index contributed by atoms with van der Waals surface area (Å²) >= 11 is 0. The summed E-state index contributed by atoms with van der Waals surface area (Å²) in [5.74, 6) is 1.45. The summed E-state index contributed by atoms with van der Waals surface area (Å²) < 4.78 is 0. The lowest BCUT2D eigenvalue weighted by Crippen LogP contribution is -2.05. The molecule has 1 aromatic heterocycles. The molecule has 0 fully saturated rings. The molecule has 0 amide bonds. The third kappa shape index (κ3) is 4.60. The summed E-state index contributed by atoms with van der Waals surface area (Å²) in [6.45, 7) is 1.15. The maximum absolute atomic E-state index is 8.60. The molecule has 1 aromatic rings. The highest BCUT2D eigenvalue weighted by molar-refractivity contribution is 5.38. The van der Waals surface area contributed by atoms with E-state index >= 15 is 0 Å². The van der Waals surface area contributed by atoms with Crippen LogP contribution in [-0.2, 0) is 0 Å². The molecule has 0 aliphatic rings. The summed E-state index contributed by atoms with van der Waals surface area (Å²) in [5, 5.41) is 14.7. The first-order valence-electron chi connectivity index (χ1n) is 5.22. The molecule has 0 aliphatic carbocycles. The topological polar surface area (TPSA) is 70.1 Å². The zero-order valence-corrected chi connectivity index (χ0v) is 9.03. The van der Waals surface area contributed by atoms with Gasteiger partial charge in [0.2, 0.25) is 5.95 Å². The van der Waals surface area contributed by atoms with Crippen molar-refractivity contribution in [3.05, 3.63) is 12.3 Å². The van der Waals surface area contributed by atoms with Crippen molar-refractivity contribution in [2.45, 2.75) is 19.3 Å². The number of hydrogen-bond donors (Lipinski definition) is 3. The SMILES string of the molecule is CNc1nccc(NCCCCCO)n1. The van der Waals surface area contributed by atoms with E-state index < -0.39 is 0 Å². The second-order valence-electron chi connectivity index (χ2n) is 3.23. The van der Waals surface area contributed by atoms with Gasteiger partial charge >= 0.3 is 0 Å². The average molecular weight is 210 g/mol. The van der Waals surface area contributed by atoms with E-state index in [1.165, 1.54) is 0 Å². The first-order chi connectivity index (χ1) is 7.36. The van der Waals surface area contributed by atoms with Gasteiger partial charge in [0.05, 0.1) is 0 Å². The first kappa shape index (κ1) is 11.7. The van der Waals surface area contributed by atoms with Crippen LogP contribution in [0.25, 0.3) is 0 Å². The monoisotopic (exact) mass is 210 g/mol. The zero-order chi connectivity index (χ0) is 10.9. The van der Waals surface area contributed by atoms with E-state index in [1.54, 1.807) is 13.2 Å². The fourth-order valence-electron chi connectivity index (χ4n) is 1.21. The van der Waals surface area contributed by atoms with E-state index in [2.05, 4.69) is 20.6 Å². The molecular weight excluding hydrogens is 192 g/mol. The number of nitrogens with zero attached hydrogens (tertiary/aromatic N) is 2. The number of hydrogen-bond acceptors (Lipinski definition) is 5. The minimum atomic E-state index is 0.275. The van der Waals surface area contributed by atoms with Crippen LogP contribution in [0.1, 0.15) is 19.3 Å². The Morgan fingerprint density at radius 3 is 2.93 bits per heavy atom. The second-order valence-corrected chi connectivity index (χ2v) is 3.23. The van der Waals surface area contributed by atoms with Gasteiger partial charge in [-0.1, -0.05) is 0 Å². The smallest absolute Gasteiger partial charge is 0.224 e. The highest BCUT2D eigenvalue weighted by Gasteiger charge is 1.95. The van der Waals surface area contributed by atoms with Crippen molar-refractivity contribution >= 4 is 11.8 Å². The summed E-state index contributed by atoms with van der Waals surface area (Å²) in [7, 11) is 1.79. The van der Waals surface area contributed by atoms with Crippen LogP contribution < -0.4 is 10.6 Å². The highest BCUT2D eigenvalue weighted by Crippen LogP contribution is 2.05. The third-order valence-corrected chi connectivity index (χ3v) is 2.02. The summed E-state index contributed by atoms with van der Waals surface area (Å²) in [4.78, 5) is 8.25. The minimum absolute atomic E-state index is 0.275. The fourth-order valence-corrected chi connectivity index (χ4v) is 1.21. The number of unbranched alkanes of at least 4 members (excludes halogenated alkanes) is 2. The Hall–Kier alpha value is -1.36. The van der Waals surface area contributed by atoms with Crippen LogP contribution in [0, 0.1) is 0 Å². The molecule has 0 bridgehead atoms. The molecule has 15 heavy (non-hydrogen) atoms. The second kappa shape index (κ2) is 7.00. The van der Waals surface area contributed by atoms with Crippen LogP contribution in [0.15, 0.2) is 12.3 Å². The van der Waals surface area contributed by atoms with E-state index in [9.17, 15) is 0 Å². The maximum Gasteiger partial charge on any atom is 0.224 e. The molecular formula is C10H18N4O.